The topological polar surface area (TPSA) is 71.4 Å². The van der Waals surface area contributed by atoms with E-state index in [9.17, 15) is 0 Å². The Morgan fingerprint density at radius 1 is 0.769 bits per heavy atom. The van der Waals surface area contributed by atoms with Crippen LogP contribution in [0.1, 0.15) is 20.8 Å². The Morgan fingerprint density at radius 2 is 0.846 bits per heavy atom. The van der Waals surface area contributed by atoms with Crippen molar-refractivity contribution in [1.82, 2.24) is 0 Å². The first kappa shape index (κ1) is 22.7. The van der Waals surface area contributed by atoms with Crippen LogP contribution in [0.25, 0.3) is 0 Å². The summed E-state index contributed by atoms with van der Waals surface area (Å²) in [5, 5.41) is 22.0. The van der Waals surface area contributed by atoms with E-state index in [0.29, 0.717) is 11.8 Å². The molecule has 0 aliphatic carbocycles. The summed E-state index contributed by atoms with van der Waals surface area (Å²) in [7, 11) is 0. The highest BCUT2D eigenvalue weighted by Gasteiger charge is 1.61. The SMILES string of the molecule is CC#N.CC#N.CC#N.ClCCCl. The summed E-state index contributed by atoms with van der Waals surface area (Å²) in [6.45, 7) is 4.29. The number of alkyl halides is 2. The Morgan fingerprint density at radius 3 is 0.846 bits per heavy atom. The van der Waals surface area contributed by atoms with E-state index in [1.807, 2.05) is 0 Å². The minimum absolute atomic E-state index is 0.557. The Labute approximate surface area is 90.1 Å². The lowest BCUT2D eigenvalue weighted by molar-refractivity contribution is 1.49. The molecule has 0 radical (unpaired) electrons. The number of hydrogen-bond donors (Lipinski definition) is 0. The van der Waals surface area contributed by atoms with E-state index in [-0.39, 0.29) is 0 Å². The molecule has 3 nitrogen and oxygen atoms in total. The molecule has 0 N–H and O–H groups in total. The summed E-state index contributed by atoms with van der Waals surface area (Å²) < 4.78 is 0. The van der Waals surface area contributed by atoms with Crippen LogP contribution in [0.15, 0.2) is 0 Å². The zero-order chi connectivity index (χ0) is 11.5. The van der Waals surface area contributed by atoms with Crippen LogP contribution in [0.2, 0.25) is 0 Å². The maximum atomic E-state index is 7.32. The van der Waals surface area contributed by atoms with Gasteiger partial charge < -0.3 is 0 Å². The molecule has 0 spiro atoms. The molecule has 0 fully saturated rings. The van der Waals surface area contributed by atoms with Crippen LogP contribution in [0, 0.1) is 34.0 Å². The minimum atomic E-state index is 0.557. The fourth-order valence-corrected chi connectivity index (χ4v) is 0. The van der Waals surface area contributed by atoms with Crippen molar-refractivity contribution in [3.8, 4) is 18.2 Å². The van der Waals surface area contributed by atoms with Gasteiger partial charge in [-0.25, -0.2) is 0 Å². The third-order valence-corrected chi connectivity index (χ3v) is 0.643. The Bertz CT molecular complexity index is 131. The highest BCUT2D eigenvalue weighted by atomic mass is 35.5. The van der Waals surface area contributed by atoms with E-state index >= 15 is 0 Å². The van der Waals surface area contributed by atoms with E-state index in [0.717, 1.165) is 0 Å². The monoisotopic (exact) mass is 221 g/mol. The number of rotatable bonds is 1. The molecular formula is C8H13Cl2N3. The van der Waals surface area contributed by atoms with Crippen molar-refractivity contribution < 1.29 is 0 Å². The lowest BCUT2D eigenvalue weighted by Crippen LogP contribution is -1.63. The molecule has 0 heterocycles. The average Bonchev–Trinajstić information content (AvgIpc) is 2.08. The fraction of sp³-hybridized carbons (Fsp3) is 0.625. The molecule has 0 aromatic heterocycles. The van der Waals surface area contributed by atoms with Crippen molar-refractivity contribution >= 4 is 23.2 Å². The van der Waals surface area contributed by atoms with Gasteiger partial charge in [-0.15, -0.1) is 23.2 Å². The normalized spacial score (nSPS) is 4.15. The molecule has 74 valence electrons. The number of nitrogens with zero attached hydrogens (tertiary/aromatic N) is 3. The van der Waals surface area contributed by atoms with Crippen molar-refractivity contribution in [1.29, 1.82) is 15.8 Å². The van der Waals surface area contributed by atoms with Crippen LogP contribution in [0.3, 0.4) is 0 Å². The van der Waals surface area contributed by atoms with E-state index in [1.54, 1.807) is 18.2 Å². The molecule has 0 atom stereocenters. The molecule has 0 aliphatic rings. The molecule has 0 aliphatic heterocycles. The van der Waals surface area contributed by atoms with Gasteiger partial charge in [0, 0.05) is 32.5 Å². The second-order valence-electron chi connectivity index (χ2n) is 1.05. The number of nitriles is 3. The van der Waals surface area contributed by atoms with Crippen LogP contribution in [-0.2, 0) is 0 Å². The van der Waals surface area contributed by atoms with Gasteiger partial charge in [0.2, 0.25) is 0 Å². The quantitative estimate of drug-likeness (QED) is 0.640. The molecule has 5 heteroatoms. The van der Waals surface area contributed by atoms with Crippen LogP contribution in [0.5, 0.6) is 0 Å². The summed E-state index contributed by atoms with van der Waals surface area (Å²) in [4.78, 5) is 0. The molecule has 13 heavy (non-hydrogen) atoms. The summed E-state index contributed by atoms with van der Waals surface area (Å²) in [5.41, 5.74) is 0. The molecule has 0 rings (SSSR count). The van der Waals surface area contributed by atoms with Gasteiger partial charge in [-0.3, -0.25) is 0 Å². The predicted octanol–water partition coefficient (Wildman–Crippen LogP) is 3.05. The van der Waals surface area contributed by atoms with Gasteiger partial charge in [0.1, 0.15) is 0 Å². The van der Waals surface area contributed by atoms with Crippen molar-refractivity contribution in [2.24, 2.45) is 0 Å². The van der Waals surface area contributed by atoms with Crippen molar-refractivity contribution in [2.45, 2.75) is 20.8 Å². The van der Waals surface area contributed by atoms with Gasteiger partial charge in [-0.1, -0.05) is 0 Å². The third-order valence-electron chi connectivity index (χ3n) is 0.0714. The van der Waals surface area contributed by atoms with Crippen LogP contribution < -0.4 is 0 Å². The first-order valence-corrected chi connectivity index (χ1v) is 4.27. The average molecular weight is 222 g/mol. The third kappa shape index (κ3) is 362000. The van der Waals surface area contributed by atoms with Crippen LogP contribution >= 0.6 is 23.2 Å². The maximum Gasteiger partial charge on any atom is 0.0587 e. The number of hydrogen-bond acceptors (Lipinski definition) is 3. The summed E-state index contributed by atoms with van der Waals surface area (Å²) in [5.74, 6) is 1.11. The molecule has 0 aromatic rings. The largest absolute Gasteiger partial charge is 0.199 e. The predicted molar refractivity (Wildman–Crippen MR) is 55.3 cm³/mol. The summed E-state index contributed by atoms with van der Waals surface area (Å²) in [6, 6.07) is 5.25. The van der Waals surface area contributed by atoms with Gasteiger partial charge in [0.15, 0.2) is 0 Å². The van der Waals surface area contributed by atoms with Crippen molar-refractivity contribution in [3.05, 3.63) is 0 Å². The zero-order valence-electron chi connectivity index (χ0n) is 8.01. The Hall–Kier alpha value is -0.950. The fourth-order valence-electron chi connectivity index (χ4n) is 0. The molecule has 0 saturated heterocycles. The van der Waals surface area contributed by atoms with Crippen LogP contribution in [-0.4, -0.2) is 11.8 Å². The highest BCUT2D eigenvalue weighted by Crippen LogP contribution is 1.75. The van der Waals surface area contributed by atoms with Gasteiger partial charge in [-0.05, 0) is 0 Å². The first-order chi connectivity index (χ1) is 6.16. The van der Waals surface area contributed by atoms with Gasteiger partial charge >= 0.3 is 0 Å². The molecule has 0 saturated carbocycles. The lowest BCUT2D eigenvalue weighted by Gasteiger charge is -1.63. The molecule has 0 aromatic carbocycles. The van der Waals surface area contributed by atoms with Crippen LogP contribution in [0.4, 0.5) is 0 Å². The molecule has 0 unspecified atom stereocenters. The Balaban J connectivity index is -0.0000000420. The zero-order valence-corrected chi connectivity index (χ0v) is 9.52. The van der Waals surface area contributed by atoms with Crippen molar-refractivity contribution in [3.63, 3.8) is 0 Å². The highest BCUT2D eigenvalue weighted by molar-refractivity contribution is 6.25. The van der Waals surface area contributed by atoms with Crippen molar-refractivity contribution in [2.75, 3.05) is 11.8 Å². The van der Waals surface area contributed by atoms with E-state index in [2.05, 4.69) is 0 Å². The summed E-state index contributed by atoms with van der Waals surface area (Å²) >= 11 is 10.1. The van der Waals surface area contributed by atoms with E-state index in [4.69, 9.17) is 39.0 Å². The van der Waals surface area contributed by atoms with E-state index in [1.165, 1.54) is 20.8 Å². The minimum Gasteiger partial charge on any atom is -0.199 e. The second-order valence-corrected chi connectivity index (χ2v) is 1.80. The van der Waals surface area contributed by atoms with Gasteiger partial charge in [0.05, 0.1) is 18.2 Å². The first-order valence-electron chi connectivity index (χ1n) is 3.21. The second kappa shape index (κ2) is 68.0. The molecule has 0 amide bonds. The Kier molecular flexibility index (Phi) is 119. The number of halogens is 2. The maximum absolute atomic E-state index is 7.32. The van der Waals surface area contributed by atoms with E-state index < -0.39 is 0 Å². The lowest BCUT2D eigenvalue weighted by atomic mass is 11.0. The molecule has 0 bridgehead atoms. The standard InChI is InChI=1S/C2H4Cl2.3C2H3N/c3-1-2-4;3*1-2-3/h1-2H2;3*1H3. The summed E-state index contributed by atoms with van der Waals surface area (Å²) in [6.07, 6.45) is 0. The van der Waals surface area contributed by atoms with Gasteiger partial charge in [0.25, 0.3) is 0 Å². The van der Waals surface area contributed by atoms with Gasteiger partial charge in [-0.2, -0.15) is 15.8 Å². The molecular weight excluding hydrogens is 209 g/mol. The smallest absolute Gasteiger partial charge is 0.0587 e.